The molecule has 0 aromatic carbocycles. The number of aryl methyl sites for hydroxylation is 2. The monoisotopic (exact) mass is 266 g/mol. The standard InChI is InChI=1S/C14H26N4O/c1-5-11-9-12(18(4)17-11)13(19)16-10-14(2,3)7-6-8-15/h9H,5-8,10,15H2,1-4H3,(H,16,19). The minimum Gasteiger partial charge on any atom is -0.350 e. The molecule has 0 spiro atoms. The molecule has 3 N–H and O–H groups in total. The highest BCUT2D eigenvalue weighted by molar-refractivity contribution is 5.92. The molecule has 5 heteroatoms. The lowest BCUT2D eigenvalue weighted by Crippen LogP contribution is -2.35. The molecule has 0 aliphatic carbocycles. The second kappa shape index (κ2) is 6.70. The summed E-state index contributed by atoms with van der Waals surface area (Å²) < 4.78 is 1.64. The Morgan fingerprint density at radius 2 is 2.21 bits per heavy atom. The van der Waals surface area contributed by atoms with E-state index in [2.05, 4.69) is 24.3 Å². The number of nitrogens with zero attached hydrogens (tertiary/aromatic N) is 2. The molecule has 1 rings (SSSR count). The molecular formula is C14H26N4O. The zero-order chi connectivity index (χ0) is 14.5. The summed E-state index contributed by atoms with van der Waals surface area (Å²) >= 11 is 0. The van der Waals surface area contributed by atoms with Crippen LogP contribution < -0.4 is 11.1 Å². The number of rotatable bonds is 7. The second-order valence-corrected chi connectivity index (χ2v) is 5.74. The lowest BCUT2D eigenvalue weighted by Gasteiger charge is -2.24. The lowest BCUT2D eigenvalue weighted by atomic mass is 9.88. The third-order valence-electron chi connectivity index (χ3n) is 3.31. The Kier molecular flexibility index (Phi) is 5.54. The Morgan fingerprint density at radius 1 is 1.53 bits per heavy atom. The number of hydrogen-bond acceptors (Lipinski definition) is 3. The van der Waals surface area contributed by atoms with E-state index in [0.717, 1.165) is 25.0 Å². The van der Waals surface area contributed by atoms with Crippen LogP contribution in [0.25, 0.3) is 0 Å². The average Bonchev–Trinajstić information content (AvgIpc) is 2.75. The Labute approximate surface area is 115 Å². The van der Waals surface area contributed by atoms with Crippen LogP contribution in [0.4, 0.5) is 0 Å². The molecule has 0 saturated heterocycles. The van der Waals surface area contributed by atoms with E-state index in [1.807, 2.05) is 13.0 Å². The molecule has 0 aliphatic heterocycles. The van der Waals surface area contributed by atoms with Gasteiger partial charge in [-0.15, -0.1) is 0 Å². The number of nitrogens with one attached hydrogen (secondary N) is 1. The minimum absolute atomic E-state index is 0.0597. The largest absolute Gasteiger partial charge is 0.350 e. The number of hydrogen-bond donors (Lipinski definition) is 2. The van der Waals surface area contributed by atoms with Crippen LogP contribution in [-0.2, 0) is 13.5 Å². The van der Waals surface area contributed by atoms with Crippen molar-refractivity contribution in [3.63, 3.8) is 0 Å². The van der Waals surface area contributed by atoms with Gasteiger partial charge in [0.15, 0.2) is 0 Å². The molecule has 0 unspecified atom stereocenters. The van der Waals surface area contributed by atoms with Crippen LogP contribution in [0.1, 0.15) is 49.8 Å². The molecule has 0 saturated carbocycles. The van der Waals surface area contributed by atoms with Crippen LogP contribution in [0.5, 0.6) is 0 Å². The number of nitrogens with two attached hydrogens (primary N) is 1. The summed E-state index contributed by atoms with van der Waals surface area (Å²) in [7, 11) is 1.80. The fourth-order valence-electron chi connectivity index (χ4n) is 1.99. The van der Waals surface area contributed by atoms with Crippen molar-refractivity contribution in [2.45, 2.75) is 40.0 Å². The van der Waals surface area contributed by atoms with Crippen LogP contribution >= 0.6 is 0 Å². The quantitative estimate of drug-likeness (QED) is 0.785. The van der Waals surface area contributed by atoms with Crippen LogP contribution in [0.15, 0.2) is 6.07 Å². The Hall–Kier alpha value is -1.36. The van der Waals surface area contributed by atoms with Gasteiger partial charge in [-0.05, 0) is 37.3 Å². The topological polar surface area (TPSA) is 72.9 Å². The maximum atomic E-state index is 12.1. The van der Waals surface area contributed by atoms with Crippen molar-refractivity contribution in [3.05, 3.63) is 17.5 Å². The summed E-state index contributed by atoms with van der Waals surface area (Å²) in [5.74, 6) is -0.0597. The van der Waals surface area contributed by atoms with Crippen LogP contribution in [-0.4, -0.2) is 28.8 Å². The van der Waals surface area contributed by atoms with Crippen molar-refractivity contribution in [2.75, 3.05) is 13.1 Å². The molecule has 0 atom stereocenters. The first-order chi connectivity index (χ1) is 8.89. The van der Waals surface area contributed by atoms with Gasteiger partial charge >= 0.3 is 0 Å². The van der Waals surface area contributed by atoms with Gasteiger partial charge in [-0.25, -0.2) is 0 Å². The maximum Gasteiger partial charge on any atom is 0.269 e. The molecular weight excluding hydrogens is 240 g/mol. The van der Waals surface area contributed by atoms with Crippen LogP contribution in [0.3, 0.4) is 0 Å². The van der Waals surface area contributed by atoms with E-state index >= 15 is 0 Å². The fraction of sp³-hybridized carbons (Fsp3) is 0.714. The van der Waals surface area contributed by atoms with Crippen LogP contribution in [0.2, 0.25) is 0 Å². The van der Waals surface area contributed by atoms with Gasteiger partial charge in [0, 0.05) is 13.6 Å². The van der Waals surface area contributed by atoms with Gasteiger partial charge in [0.2, 0.25) is 0 Å². The van der Waals surface area contributed by atoms with E-state index in [4.69, 9.17) is 5.73 Å². The first-order valence-corrected chi connectivity index (χ1v) is 6.91. The second-order valence-electron chi connectivity index (χ2n) is 5.74. The van der Waals surface area contributed by atoms with E-state index in [-0.39, 0.29) is 11.3 Å². The first kappa shape index (κ1) is 15.7. The molecule has 0 bridgehead atoms. The minimum atomic E-state index is -0.0597. The summed E-state index contributed by atoms with van der Waals surface area (Å²) in [4.78, 5) is 12.1. The summed E-state index contributed by atoms with van der Waals surface area (Å²) in [6, 6.07) is 1.85. The molecule has 5 nitrogen and oxygen atoms in total. The highest BCUT2D eigenvalue weighted by Gasteiger charge is 2.20. The number of carbonyl (C=O) groups excluding carboxylic acids is 1. The molecule has 1 aromatic heterocycles. The van der Waals surface area contributed by atoms with Crippen molar-refractivity contribution in [1.29, 1.82) is 0 Å². The average molecular weight is 266 g/mol. The summed E-state index contributed by atoms with van der Waals surface area (Å²) in [5.41, 5.74) is 7.15. The first-order valence-electron chi connectivity index (χ1n) is 6.91. The van der Waals surface area contributed by atoms with E-state index in [0.29, 0.717) is 18.8 Å². The number of amides is 1. The van der Waals surface area contributed by atoms with Gasteiger partial charge in [-0.1, -0.05) is 20.8 Å². The van der Waals surface area contributed by atoms with Crippen molar-refractivity contribution in [1.82, 2.24) is 15.1 Å². The number of aromatic nitrogens is 2. The van der Waals surface area contributed by atoms with Gasteiger partial charge in [-0.2, -0.15) is 5.10 Å². The van der Waals surface area contributed by atoms with E-state index in [1.165, 1.54) is 0 Å². The summed E-state index contributed by atoms with van der Waals surface area (Å²) in [6.45, 7) is 7.66. The van der Waals surface area contributed by atoms with Gasteiger partial charge in [0.25, 0.3) is 5.91 Å². The third kappa shape index (κ3) is 4.67. The van der Waals surface area contributed by atoms with Gasteiger partial charge < -0.3 is 11.1 Å². The molecule has 19 heavy (non-hydrogen) atoms. The fourth-order valence-corrected chi connectivity index (χ4v) is 1.99. The zero-order valence-electron chi connectivity index (χ0n) is 12.5. The van der Waals surface area contributed by atoms with Crippen molar-refractivity contribution >= 4 is 5.91 Å². The SMILES string of the molecule is CCc1cc(C(=O)NCC(C)(C)CCCN)n(C)n1. The Bertz CT molecular complexity index is 423. The molecule has 1 aromatic rings. The predicted octanol–water partition coefficient (Wildman–Crippen LogP) is 1.48. The van der Waals surface area contributed by atoms with Crippen LogP contribution in [0, 0.1) is 5.41 Å². The van der Waals surface area contributed by atoms with E-state index < -0.39 is 0 Å². The van der Waals surface area contributed by atoms with Crippen molar-refractivity contribution in [3.8, 4) is 0 Å². The molecule has 0 radical (unpaired) electrons. The van der Waals surface area contributed by atoms with E-state index in [1.54, 1.807) is 11.7 Å². The molecule has 1 amide bonds. The van der Waals surface area contributed by atoms with E-state index in [9.17, 15) is 4.79 Å². The maximum absolute atomic E-state index is 12.1. The van der Waals surface area contributed by atoms with Crippen molar-refractivity contribution < 1.29 is 4.79 Å². The molecule has 0 aliphatic rings. The summed E-state index contributed by atoms with van der Waals surface area (Å²) in [5, 5.41) is 7.27. The van der Waals surface area contributed by atoms with Gasteiger partial charge in [0.1, 0.15) is 5.69 Å². The lowest BCUT2D eigenvalue weighted by molar-refractivity contribution is 0.0925. The van der Waals surface area contributed by atoms with Gasteiger partial charge in [0.05, 0.1) is 5.69 Å². The normalized spacial score (nSPS) is 11.6. The third-order valence-corrected chi connectivity index (χ3v) is 3.31. The van der Waals surface area contributed by atoms with Crippen molar-refractivity contribution in [2.24, 2.45) is 18.2 Å². The molecule has 1 heterocycles. The predicted molar refractivity (Wildman–Crippen MR) is 77.0 cm³/mol. The highest BCUT2D eigenvalue weighted by atomic mass is 16.2. The molecule has 108 valence electrons. The Balaban J connectivity index is 2.57. The van der Waals surface area contributed by atoms with Gasteiger partial charge in [-0.3, -0.25) is 9.48 Å². The zero-order valence-corrected chi connectivity index (χ0v) is 12.5. The number of carbonyl (C=O) groups is 1. The Morgan fingerprint density at radius 3 is 2.74 bits per heavy atom. The summed E-state index contributed by atoms with van der Waals surface area (Å²) in [6.07, 6.45) is 2.83. The molecule has 0 fully saturated rings. The smallest absolute Gasteiger partial charge is 0.269 e. The highest BCUT2D eigenvalue weighted by Crippen LogP contribution is 2.20.